The molecule has 0 spiro atoms. The molecule has 1 heterocycles. The van der Waals surface area contributed by atoms with Gasteiger partial charge in [-0.05, 0) is 56.4 Å². The number of anilines is 1. The number of hydrogen-bond acceptors (Lipinski definition) is 3. The number of hydrogen-bond donors (Lipinski definition) is 0. The molecule has 0 radical (unpaired) electrons. The van der Waals surface area contributed by atoms with Gasteiger partial charge in [-0.2, -0.15) is 0 Å². The van der Waals surface area contributed by atoms with E-state index < -0.39 is 9.84 Å². The van der Waals surface area contributed by atoms with Crippen LogP contribution in [-0.2, 0) is 9.84 Å². The highest BCUT2D eigenvalue weighted by Gasteiger charge is 2.24. The summed E-state index contributed by atoms with van der Waals surface area (Å²) in [5.74, 6) is 0.226. The SMILES string of the molecule is CCCS(=O)(=O)c1ccc(N2CCCC2CCCBr)cc1. The Kier molecular flexibility index (Phi) is 6.11. The minimum absolute atomic E-state index is 0.226. The molecule has 1 aromatic rings. The molecule has 0 bridgehead atoms. The smallest absolute Gasteiger partial charge is 0.178 e. The number of halogens is 1. The van der Waals surface area contributed by atoms with Crippen molar-refractivity contribution >= 4 is 31.5 Å². The van der Waals surface area contributed by atoms with Crippen molar-refractivity contribution < 1.29 is 8.42 Å². The number of benzene rings is 1. The summed E-state index contributed by atoms with van der Waals surface area (Å²) in [5, 5.41) is 1.05. The molecule has 1 aromatic carbocycles. The van der Waals surface area contributed by atoms with Crippen molar-refractivity contribution in [3.63, 3.8) is 0 Å². The molecule has 1 fully saturated rings. The molecule has 5 heteroatoms. The average molecular weight is 374 g/mol. The van der Waals surface area contributed by atoms with Gasteiger partial charge in [0.25, 0.3) is 0 Å². The number of rotatable bonds is 7. The summed E-state index contributed by atoms with van der Waals surface area (Å²) >= 11 is 3.49. The summed E-state index contributed by atoms with van der Waals surface area (Å²) in [6.07, 6.45) is 5.50. The van der Waals surface area contributed by atoms with E-state index >= 15 is 0 Å². The normalized spacial score (nSPS) is 19.1. The third-order valence-corrected chi connectivity index (χ3v) is 6.55. The van der Waals surface area contributed by atoms with Crippen LogP contribution in [-0.4, -0.2) is 32.1 Å². The van der Waals surface area contributed by atoms with Crippen LogP contribution >= 0.6 is 15.9 Å². The highest BCUT2D eigenvalue weighted by molar-refractivity contribution is 9.09. The van der Waals surface area contributed by atoms with Crippen molar-refractivity contribution in [3.8, 4) is 0 Å². The van der Waals surface area contributed by atoms with Gasteiger partial charge in [0.1, 0.15) is 0 Å². The number of nitrogens with zero attached hydrogens (tertiary/aromatic N) is 1. The van der Waals surface area contributed by atoms with E-state index in [1.165, 1.54) is 25.7 Å². The van der Waals surface area contributed by atoms with E-state index in [9.17, 15) is 8.42 Å². The molecular formula is C16H24BrNO2S. The molecule has 0 N–H and O–H groups in total. The Balaban J connectivity index is 2.11. The monoisotopic (exact) mass is 373 g/mol. The summed E-state index contributed by atoms with van der Waals surface area (Å²) < 4.78 is 24.1. The lowest BCUT2D eigenvalue weighted by Gasteiger charge is -2.27. The second-order valence-electron chi connectivity index (χ2n) is 5.63. The van der Waals surface area contributed by atoms with Gasteiger partial charge < -0.3 is 4.90 Å². The fourth-order valence-electron chi connectivity index (χ4n) is 3.02. The molecule has 1 unspecified atom stereocenters. The van der Waals surface area contributed by atoms with Crippen molar-refractivity contribution in [1.29, 1.82) is 0 Å². The fraction of sp³-hybridized carbons (Fsp3) is 0.625. The molecule has 118 valence electrons. The third kappa shape index (κ3) is 4.22. The standard InChI is InChI=1S/C16H24BrNO2S/c1-2-13-21(19,20)16-9-7-15(8-10-16)18-12-4-6-14(18)5-3-11-17/h7-10,14H,2-6,11-13H2,1H3. The minimum Gasteiger partial charge on any atom is -0.369 e. The van der Waals surface area contributed by atoms with Crippen LogP contribution in [0.4, 0.5) is 5.69 Å². The van der Waals surface area contributed by atoms with Crippen LogP contribution in [0.3, 0.4) is 0 Å². The van der Waals surface area contributed by atoms with E-state index in [4.69, 9.17) is 0 Å². The van der Waals surface area contributed by atoms with Gasteiger partial charge >= 0.3 is 0 Å². The molecular weight excluding hydrogens is 350 g/mol. The van der Waals surface area contributed by atoms with Crippen LogP contribution in [0.2, 0.25) is 0 Å². The Hall–Kier alpha value is -0.550. The maximum atomic E-state index is 12.1. The highest BCUT2D eigenvalue weighted by Crippen LogP contribution is 2.29. The zero-order valence-corrected chi connectivity index (χ0v) is 15.0. The predicted octanol–water partition coefficient (Wildman–Crippen LogP) is 4.01. The lowest BCUT2D eigenvalue weighted by molar-refractivity contribution is 0.594. The molecule has 21 heavy (non-hydrogen) atoms. The molecule has 2 rings (SSSR count). The first-order chi connectivity index (χ1) is 10.1. The second kappa shape index (κ2) is 7.63. The molecule has 0 aliphatic carbocycles. The van der Waals surface area contributed by atoms with Gasteiger partial charge in [-0.15, -0.1) is 0 Å². The van der Waals surface area contributed by atoms with Crippen LogP contribution < -0.4 is 4.90 Å². The third-order valence-electron chi connectivity index (χ3n) is 4.05. The lowest BCUT2D eigenvalue weighted by Crippen LogP contribution is -2.29. The summed E-state index contributed by atoms with van der Waals surface area (Å²) in [4.78, 5) is 2.88. The predicted molar refractivity (Wildman–Crippen MR) is 92.2 cm³/mol. The zero-order valence-electron chi connectivity index (χ0n) is 12.6. The van der Waals surface area contributed by atoms with Crippen molar-refractivity contribution in [2.24, 2.45) is 0 Å². The fourth-order valence-corrected chi connectivity index (χ4v) is 4.67. The number of sulfone groups is 1. The van der Waals surface area contributed by atoms with E-state index in [1.54, 1.807) is 12.1 Å². The maximum Gasteiger partial charge on any atom is 0.178 e. The van der Waals surface area contributed by atoms with Crippen molar-refractivity contribution in [2.75, 3.05) is 22.5 Å². The van der Waals surface area contributed by atoms with E-state index in [1.807, 2.05) is 19.1 Å². The van der Waals surface area contributed by atoms with E-state index in [-0.39, 0.29) is 5.75 Å². The molecule has 3 nitrogen and oxygen atoms in total. The summed E-state index contributed by atoms with van der Waals surface area (Å²) in [6.45, 7) is 2.97. The van der Waals surface area contributed by atoms with Crippen molar-refractivity contribution in [3.05, 3.63) is 24.3 Å². The van der Waals surface area contributed by atoms with E-state index in [0.29, 0.717) is 17.4 Å². The van der Waals surface area contributed by atoms with Gasteiger partial charge in [0.15, 0.2) is 9.84 Å². The molecule has 0 saturated carbocycles. The van der Waals surface area contributed by atoms with Gasteiger partial charge in [-0.1, -0.05) is 22.9 Å². The largest absolute Gasteiger partial charge is 0.369 e. The topological polar surface area (TPSA) is 37.4 Å². The van der Waals surface area contributed by atoms with Crippen LogP contribution in [0, 0.1) is 0 Å². The summed E-state index contributed by atoms with van der Waals surface area (Å²) in [7, 11) is -3.10. The maximum absolute atomic E-state index is 12.1. The molecule has 1 aliphatic rings. The first-order valence-corrected chi connectivity index (χ1v) is 10.5. The van der Waals surface area contributed by atoms with Crippen LogP contribution in [0.25, 0.3) is 0 Å². The second-order valence-corrected chi connectivity index (χ2v) is 8.54. The Bertz CT molecular complexity index is 542. The van der Waals surface area contributed by atoms with Crippen LogP contribution in [0.1, 0.15) is 39.0 Å². The Morgan fingerprint density at radius 1 is 1.29 bits per heavy atom. The van der Waals surface area contributed by atoms with Crippen LogP contribution in [0.15, 0.2) is 29.2 Å². The van der Waals surface area contributed by atoms with Gasteiger partial charge in [0.2, 0.25) is 0 Å². The average Bonchev–Trinajstić information content (AvgIpc) is 2.93. The van der Waals surface area contributed by atoms with E-state index in [0.717, 1.165) is 17.6 Å². The Morgan fingerprint density at radius 2 is 2.00 bits per heavy atom. The van der Waals surface area contributed by atoms with Gasteiger partial charge in [-0.25, -0.2) is 8.42 Å². The highest BCUT2D eigenvalue weighted by atomic mass is 79.9. The molecule has 1 aliphatic heterocycles. The Labute approximate surface area is 136 Å². The zero-order chi connectivity index (χ0) is 15.3. The summed E-state index contributed by atoms with van der Waals surface area (Å²) in [6, 6.07) is 8.06. The van der Waals surface area contributed by atoms with E-state index in [2.05, 4.69) is 20.8 Å². The minimum atomic E-state index is -3.10. The molecule has 1 atom stereocenters. The number of alkyl halides is 1. The Morgan fingerprint density at radius 3 is 2.62 bits per heavy atom. The molecule has 0 amide bonds. The summed E-state index contributed by atoms with van der Waals surface area (Å²) in [5.41, 5.74) is 1.16. The quantitative estimate of drug-likeness (QED) is 0.677. The van der Waals surface area contributed by atoms with Gasteiger partial charge in [0.05, 0.1) is 10.6 Å². The lowest BCUT2D eigenvalue weighted by atomic mass is 10.1. The first-order valence-electron chi connectivity index (χ1n) is 7.74. The molecule has 1 saturated heterocycles. The van der Waals surface area contributed by atoms with Gasteiger partial charge in [-0.3, -0.25) is 0 Å². The first kappa shape index (κ1) is 16.8. The van der Waals surface area contributed by atoms with Crippen molar-refractivity contribution in [1.82, 2.24) is 0 Å². The van der Waals surface area contributed by atoms with Crippen LogP contribution in [0.5, 0.6) is 0 Å². The molecule has 0 aromatic heterocycles. The van der Waals surface area contributed by atoms with Crippen molar-refractivity contribution in [2.45, 2.75) is 50.0 Å². The van der Waals surface area contributed by atoms with Gasteiger partial charge in [0, 0.05) is 23.6 Å².